The van der Waals surface area contributed by atoms with Crippen LogP contribution in [0.15, 0.2) is 18.3 Å². The summed E-state index contributed by atoms with van der Waals surface area (Å²) in [5.41, 5.74) is 0.629. The smallest absolute Gasteiger partial charge is 0.268 e. The summed E-state index contributed by atoms with van der Waals surface area (Å²) >= 11 is 1.57. The van der Waals surface area contributed by atoms with Crippen LogP contribution in [0.2, 0.25) is 0 Å². The molecule has 0 aromatic carbocycles. The van der Waals surface area contributed by atoms with Gasteiger partial charge >= 0.3 is 0 Å². The van der Waals surface area contributed by atoms with Gasteiger partial charge in [-0.05, 0) is 50.8 Å². The molecule has 2 aromatic rings. The maximum atomic E-state index is 12.9. The van der Waals surface area contributed by atoms with Gasteiger partial charge in [0.2, 0.25) is 10.3 Å². The van der Waals surface area contributed by atoms with Crippen molar-refractivity contribution in [3.63, 3.8) is 0 Å². The number of aromatic nitrogens is 3. The fourth-order valence-corrected chi connectivity index (χ4v) is 6.72. The van der Waals surface area contributed by atoms with Crippen LogP contribution in [0.3, 0.4) is 0 Å². The minimum absolute atomic E-state index is 0.0383. The Balaban J connectivity index is 1.06. The zero-order valence-corrected chi connectivity index (χ0v) is 21.9. The molecule has 5 rings (SSSR count). The predicted molar refractivity (Wildman–Crippen MR) is 142 cm³/mol. The van der Waals surface area contributed by atoms with Crippen LogP contribution in [0.5, 0.6) is 0 Å². The summed E-state index contributed by atoms with van der Waals surface area (Å²) in [7, 11) is 0. The number of carbonyl (C=O) groups excluding carboxylic acids is 1. The summed E-state index contributed by atoms with van der Waals surface area (Å²) in [6.07, 6.45) is 14.9. The summed E-state index contributed by atoms with van der Waals surface area (Å²) in [6.45, 7) is 8.55. The molecule has 9 heteroatoms. The first-order valence-corrected chi connectivity index (χ1v) is 14.6. The maximum absolute atomic E-state index is 12.9. The highest BCUT2D eigenvalue weighted by Crippen LogP contribution is 2.27. The molecule has 0 bridgehead atoms. The summed E-state index contributed by atoms with van der Waals surface area (Å²) in [6, 6.07) is 4.61. The zero-order chi connectivity index (χ0) is 23.9. The molecular formula is C26H41N7OS. The van der Waals surface area contributed by atoms with Gasteiger partial charge in [-0.1, -0.05) is 43.4 Å². The van der Waals surface area contributed by atoms with E-state index in [1.54, 1.807) is 11.3 Å². The van der Waals surface area contributed by atoms with Crippen molar-refractivity contribution in [2.75, 3.05) is 57.3 Å². The average Bonchev–Trinajstić information content (AvgIpc) is 3.51. The summed E-state index contributed by atoms with van der Waals surface area (Å²) in [5, 5.41) is 13.7. The van der Waals surface area contributed by atoms with E-state index in [1.165, 1.54) is 70.9 Å². The molecule has 1 saturated carbocycles. The molecule has 3 aliphatic rings. The number of hydrogen-bond donors (Lipinski definition) is 1. The van der Waals surface area contributed by atoms with E-state index in [2.05, 4.69) is 30.2 Å². The SMILES string of the molecule is O=C(NCCCN1CCN(C2CCCCC2)CC1)c1cccn1-c1nnc(N2CCCCCC2)s1. The Bertz CT molecular complexity index is 922. The van der Waals surface area contributed by atoms with E-state index in [1.807, 2.05) is 22.9 Å². The van der Waals surface area contributed by atoms with Gasteiger partial charge in [-0.25, -0.2) is 0 Å². The van der Waals surface area contributed by atoms with E-state index in [9.17, 15) is 4.79 Å². The fourth-order valence-electron chi connectivity index (χ4n) is 5.82. The number of carbonyl (C=O) groups is 1. The van der Waals surface area contributed by atoms with Gasteiger partial charge in [-0.15, -0.1) is 10.2 Å². The molecule has 1 N–H and O–H groups in total. The van der Waals surface area contributed by atoms with E-state index in [4.69, 9.17) is 0 Å². The number of hydrogen-bond acceptors (Lipinski definition) is 7. The number of anilines is 1. The lowest BCUT2D eigenvalue weighted by Crippen LogP contribution is -2.51. The molecule has 1 aliphatic carbocycles. The Morgan fingerprint density at radius 3 is 2.40 bits per heavy atom. The first-order chi connectivity index (χ1) is 17.3. The molecule has 2 saturated heterocycles. The highest BCUT2D eigenvalue weighted by atomic mass is 32.1. The Kier molecular flexibility index (Phi) is 8.70. The van der Waals surface area contributed by atoms with Crippen molar-refractivity contribution < 1.29 is 4.79 Å². The van der Waals surface area contributed by atoms with Gasteiger partial charge in [0.25, 0.3) is 5.91 Å². The van der Waals surface area contributed by atoms with Crippen LogP contribution in [0.4, 0.5) is 5.13 Å². The van der Waals surface area contributed by atoms with Crippen molar-refractivity contribution in [3.05, 3.63) is 24.0 Å². The lowest BCUT2D eigenvalue weighted by Gasteiger charge is -2.40. The van der Waals surface area contributed by atoms with Gasteiger partial charge < -0.3 is 15.1 Å². The molecule has 0 spiro atoms. The molecule has 8 nitrogen and oxygen atoms in total. The number of piperazine rings is 1. The molecule has 0 atom stereocenters. The molecular weight excluding hydrogens is 458 g/mol. The van der Waals surface area contributed by atoms with Gasteiger partial charge in [-0.2, -0.15) is 0 Å². The molecule has 3 fully saturated rings. The Hall–Kier alpha value is -1.97. The van der Waals surface area contributed by atoms with Crippen LogP contribution >= 0.6 is 11.3 Å². The van der Waals surface area contributed by atoms with Crippen molar-refractivity contribution in [2.45, 2.75) is 70.3 Å². The molecule has 2 aliphatic heterocycles. The van der Waals surface area contributed by atoms with Crippen LogP contribution in [0, 0.1) is 0 Å². The number of amides is 1. The quantitative estimate of drug-likeness (QED) is 0.558. The molecule has 2 aromatic heterocycles. The van der Waals surface area contributed by atoms with Gasteiger partial charge in [0.1, 0.15) is 5.69 Å². The lowest BCUT2D eigenvalue weighted by atomic mass is 9.94. The second kappa shape index (κ2) is 12.3. The zero-order valence-electron chi connectivity index (χ0n) is 21.0. The van der Waals surface area contributed by atoms with Gasteiger partial charge in [0, 0.05) is 58.1 Å². The summed E-state index contributed by atoms with van der Waals surface area (Å²) in [5.74, 6) is -0.0383. The predicted octanol–water partition coefficient (Wildman–Crippen LogP) is 3.78. The normalized spacial score (nSPS) is 21.2. The first-order valence-electron chi connectivity index (χ1n) is 13.8. The van der Waals surface area contributed by atoms with Gasteiger partial charge in [0.05, 0.1) is 0 Å². The van der Waals surface area contributed by atoms with E-state index in [0.717, 1.165) is 55.4 Å². The third-order valence-corrected chi connectivity index (χ3v) is 8.89. The first kappa shape index (κ1) is 24.7. The number of nitrogens with one attached hydrogen (secondary N) is 1. The molecule has 0 radical (unpaired) electrons. The van der Waals surface area contributed by atoms with Crippen molar-refractivity contribution >= 4 is 22.4 Å². The van der Waals surface area contributed by atoms with Crippen LogP contribution in [0.25, 0.3) is 5.13 Å². The Labute approximate surface area is 213 Å². The monoisotopic (exact) mass is 499 g/mol. The Morgan fingerprint density at radius 1 is 0.914 bits per heavy atom. The highest BCUT2D eigenvalue weighted by Gasteiger charge is 2.25. The minimum Gasteiger partial charge on any atom is -0.351 e. The van der Waals surface area contributed by atoms with Crippen molar-refractivity contribution in [1.29, 1.82) is 0 Å². The third kappa shape index (κ3) is 6.43. The van der Waals surface area contributed by atoms with Gasteiger partial charge in [0.15, 0.2) is 0 Å². The van der Waals surface area contributed by atoms with Crippen LogP contribution in [-0.2, 0) is 0 Å². The molecule has 4 heterocycles. The maximum Gasteiger partial charge on any atom is 0.268 e. The number of nitrogens with zero attached hydrogens (tertiary/aromatic N) is 6. The second-order valence-electron chi connectivity index (χ2n) is 10.3. The van der Waals surface area contributed by atoms with E-state index >= 15 is 0 Å². The number of rotatable bonds is 8. The van der Waals surface area contributed by atoms with Crippen LogP contribution in [-0.4, -0.2) is 88.9 Å². The summed E-state index contributed by atoms with van der Waals surface area (Å²) < 4.78 is 1.87. The molecule has 1 amide bonds. The van der Waals surface area contributed by atoms with Crippen molar-refractivity contribution in [2.24, 2.45) is 0 Å². The van der Waals surface area contributed by atoms with Crippen molar-refractivity contribution in [1.82, 2.24) is 29.9 Å². The van der Waals surface area contributed by atoms with E-state index in [-0.39, 0.29) is 5.91 Å². The topological polar surface area (TPSA) is 69.5 Å². The van der Waals surface area contributed by atoms with E-state index in [0.29, 0.717) is 12.2 Å². The lowest BCUT2D eigenvalue weighted by molar-refractivity contribution is 0.0779. The van der Waals surface area contributed by atoms with Crippen molar-refractivity contribution in [3.8, 4) is 5.13 Å². The minimum atomic E-state index is -0.0383. The standard InChI is InChI=1S/C26H41N7OS/c34-24(27-13-9-14-30-18-20-31(21-19-30)22-10-4-3-5-11-22)23-12-8-17-33(23)26-29-28-25(35-26)32-15-6-1-2-7-16-32/h8,12,17,22H,1-7,9-11,13-16,18-21H2,(H,27,34). The van der Waals surface area contributed by atoms with Crippen LogP contribution in [0.1, 0.15) is 74.7 Å². The molecule has 35 heavy (non-hydrogen) atoms. The second-order valence-corrected chi connectivity index (χ2v) is 11.2. The third-order valence-electron chi connectivity index (χ3n) is 7.90. The summed E-state index contributed by atoms with van der Waals surface area (Å²) in [4.78, 5) is 20.5. The fraction of sp³-hybridized carbons (Fsp3) is 0.731. The largest absolute Gasteiger partial charge is 0.351 e. The molecule has 192 valence electrons. The van der Waals surface area contributed by atoms with Gasteiger partial charge in [-0.3, -0.25) is 14.3 Å². The Morgan fingerprint density at radius 2 is 1.63 bits per heavy atom. The molecule has 0 unspecified atom stereocenters. The average molecular weight is 500 g/mol. The highest BCUT2D eigenvalue weighted by molar-refractivity contribution is 7.17. The van der Waals surface area contributed by atoms with Crippen LogP contribution < -0.4 is 10.2 Å². The van der Waals surface area contributed by atoms with E-state index < -0.39 is 0 Å².